The second-order valence-electron chi connectivity index (χ2n) is 10.3. The summed E-state index contributed by atoms with van der Waals surface area (Å²) in [6, 6.07) is 0. The van der Waals surface area contributed by atoms with Crippen molar-refractivity contribution in [3.05, 3.63) is 23.3 Å². The molecule has 158 valence electrons. The molecule has 4 rings (SSSR count). The van der Waals surface area contributed by atoms with Gasteiger partial charge in [0.05, 0.1) is 0 Å². The number of ketones is 2. The molecule has 0 bridgehead atoms. The maximum atomic E-state index is 12.9. The van der Waals surface area contributed by atoms with Crippen LogP contribution in [0.4, 0.5) is 0 Å². The second kappa shape index (κ2) is 6.65. The van der Waals surface area contributed by atoms with Crippen molar-refractivity contribution in [1.82, 2.24) is 0 Å². The van der Waals surface area contributed by atoms with Gasteiger partial charge in [0.1, 0.15) is 0 Å². The molecule has 6 atom stereocenters. The van der Waals surface area contributed by atoms with E-state index in [9.17, 15) is 14.4 Å². The van der Waals surface area contributed by atoms with Crippen molar-refractivity contribution in [1.29, 1.82) is 0 Å². The maximum absolute atomic E-state index is 12.9. The van der Waals surface area contributed by atoms with Crippen molar-refractivity contribution in [2.24, 2.45) is 28.6 Å². The summed E-state index contributed by atoms with van der Waals surface area (Å²) in [6.07, 6.45) is 9.52. The summed E-state index contributed by atoms with van der Waals surface area (Å²) >= 11 is 0. The van der Waals surface area contributed by atoms with Crippen LogP contribution in [0.15, 0.2) is 23.3 Å². The number of allylic oxidation sites excluding steroid dienone is 4. The van der Waals surface area contributed by atoms with Crippen molar-refractivity contribution < 1.29 is 19.1 Å². The van der Waals surface area contributed by atoms with E-state index in [0.29, 0.717) is 37.0 Å². The summed E-state index contributed by atoms with van der Waals surface area (Å²) in [5.74, 6) is 1.13. The summed E-state index contributed by atoms with van der Waals surface area (Å²) in [5.41, 5.74) is 1.16. The molecule has 0 aromatic rings. The van der Waals surface area contributed by atoms with Crippen molar-refractivity contribution in [2.45, 2.75) is 85.2 Å². The first kappa shape index (κ1) is 20.6. The highest BCUT2D eigenvalue weighted by Gasteiger charge is 2.67. The first-order valence-corrected chi connectivity index (χ1v) is 11.3. The quantitative estimate of drug-likeness (QED) is 0.630. The summed E-state index contributed by atoms with van der Waals surface area (Å²) in [4.78, 5) is 37.3. The first-order chi connectivity index (χ1) is 13.6. The molecule has 0 radical (unpaired) electrons. The predicted molar refractivity (Wildman–Crippen MR) is 111 cm³/mol. The Bertz CT molecular complexity index is 836. The number of carbonyl (C=O) groups excluding carboxylic acids is 3. The molecule has 0 spiro atoms. The van der Waals surface area contributed by atoms with Gasteiger partial charge in [0.2, 0.25) is 0 Å². The maximum Gasteiger partial charge on any atom is 0.306 e. The molecule has 2 saturated carbocycles. The molecule has 2 fully saturated rings. The lowest BCUT2D eigenvalue weighted by Crippen LogP contribution is -2.58. The molecular formula is C25H34O4. The monoisotopic (exact) mass is 398 g/mol. The molecular weight excluding hydrogens is 364 g/mol. The SMILES string of the molecule is CCC(=O)O[C@]1(C(C)=O)CC[C@H]2[C@@H]3C=C(C)C4=CC(=O)CC[C@]4(C)[C@H]3CC[C@@]21C. The van der Waals surface area contributed by atoms with Crippen LogP contribution in [-0.4, -0.2) is 23.1 Å². The molecule has 0 aromatic heterocycles. The zero-order chi connectivity index (χ0) is 21.2. The van der Waals surface area contributed by atoms with E-state index in [4.69, 9.17) is 4.74 Å². The fourth-order valence-electron chi connectivity index (χ4n) is 7.50. The van der Waals surface area contributed by atoms with Crippen molar-refractivity contribution in [3.63, 3.8) is 0 Å². The van der Waals surface area contributed by atoms with Crippen molar-refractivity contribution in [2.75, 3.05) is 0 Å². The van der Waals surface area contributed by atoms with E-state index in [1.165, 1.54) is 11.1 Å². The van der Waals surface area contributed by atoms with E-state index in [2.05, 4.69) is 26.8 Å². The van der Waals surface area contributed by atoms with E-state index in [1.807, 2.05) is 6.08 Å². The van der Waals surface area contributed by atoms with Crippen molar-refractivity contribution in [3.8, 4) is 0 Å². The number of hydrogen-bond donors (Lipinski definition) is 0. The van der Waals surface area contributed by atoms with Crippen LogP contribution in [0.5, 0.6) is 0 Å². The second-order valence-corrected chi connectivity index (χ2v) is 10.3. The minimum atomic E-state index is -0.989. The Morgan fingerprint density at radius 1 is 1.14 bits per heavy atom. The molecule has 29 heavy (non-hydrogen) atoms. The third-order valence-corrected chi connectivity index (χ3v) is 9.09. The first-order valence-electron chi connectivity index (χ1n) is 11.3. The normalized spacial score (nSPS) is 43.5. The van der Waals surface area contributed by atoms with E-state index in [0.717, 1.165) is 25.7 Å². The lowest BCUT2D eigenvalue weighted by Gasteiger charge is -2.58. The number of hydrogen-bond acceptors (Lipinski definition) is 4. The van der Waals surface area contributed by atoms with E-state index < -0.39 is 5.60 Å². The summed E-state index contributed by atoms with van der Waals surface area (Å²) in [7, 11) is 0. The zero-order valence-corrected chi connectivity index (χ0v) is 18.5. The van der Waals surface area contributed by atoms with Gasteiger partial charge in [-0.05, 0) is 80.8 Å². The van der Waals surface area contributed by atoms with Gasteiger partial charge >= 0.3 is 5.97 Å². The minimum absolute atomic E-state index is 0.00526. The highest BCUT2D eigenvalue weighted by atomic mass is 16.6. The van der Waals surface area contributed by atoms with Crippen LogP contribution in [0.3, 0.4) is 0 Å². The third-order valence-electron chi connectivity index (χ3n) is 9.09. The Morgan fingerprint density at radius 3 is 2.48 bits per heavy atom. The van der Waals surface area contributed by atoms with Gasteiger partial charge in [0.25, 0.3) is 0 Å². The van der Waals surface area contributed by atoms with Gasteiger partial charge < -0.3 is 4.74 Å². The van der Waals surface area contributed by atoms with Crippen LogP contribution in [-0.2, 0) is 19.1 Å². The van der Waals surface area contributed by atoms with E-state index in [1.54, 1.807) is 13.8 Å². The topological polar surface area (TPSA) is 60.4 Å². The van der Waals surface area contributed by atoms with Gasteiger partial charge in [-0.15, -0.1) is 0 Å². The smallest absolute Gasteiger partial charge is 0.306 e. The average Bonchev–Trinajstić information content (AvgIpc) is 2.97. The number of esters is 1. The largest absolute Gasteiger partial charge is 0.450 e. The van der Waals surface area contributed by atoms with Crippen LogP contribution in [0.2, 0.25) is 0 Å². The van der Waals surface area contributed by atoms with Gasteiger partial charge in [-0.3, -0.25) is 14.4 Å². The lowest BCUT2D eigenvalue weighted by atomic mass is 9.47. The number of ether oxygens (including phenoxy) is 1. The molecule has 0 saturated heterocycles. The standard InChI is InChI=1S/C25H34O4/c1-6-22(28)29-25(16(3)26)12-9-20-18-13-15(2)21-14-17(27)7-10-23(21,4)19(18)8-11-24(20,25)5/h13-14,18-20H,6-12H2,1-5H3/t18-,19+,20+,23-,24+,25+/m1/s1. The summed E-state index contributed by atoms with van der Waals surface area (Å²) in [5, 5.41) is 0. The number of fused-ring (bicyclic) bond motifs is 5. The lowest BCUT2D eigenvalue weighted by molar-refractivity contribution is -0.186. The molecule has 4 nitrogen and oxygen atoms in total. The molecule has 4 heteroatoms. The van der Waals surface area contributed by atoms with Gasteiger partial charge in [-0.1, -0.05) is 32.4 Å². The molecule has 0 N–H and O–H groups in total. The minimum Gasteiger partial charge on any atom is -0.450 e. The molecule has 0 unspecified atom stereocenters. The molecule has 4 aliphatic carbocycles. The third kappa shape index (κ3) is 2.67. The number of carbonyl (C=O) groups is 3. The van der Waals surface area contributed by atoms with E-state index in [-0.39, 0.29) is 28.4 Å². The Labute approximate surface area is 174 Å². The highest BCUT2D eigenvalue weighted by molar-refractivity contribution is 5.92. The predicted octanol–water partition coefficient (Wildman–Crippen LogP) is 4.97. The van der Waals surface area contributed by atoms with Crippen molar-refractivity contribution >= 4 is 17.5 Å². The fourth-order valence-corrected chi connectivity index (χ4v) is 7.50. The summed E-state index contributed by atoms with van der Waals surface area (Å²) < 4.78 is 5.97. The molecule has 0 aromatic carbocycles. The fraction of sp³-hybridized carbons (Fsp3) is 0.720. The molecule has 4 aliphatic rings. The molecule has 0 amide bonds. The van der Waals surface area contributed by atoms with Gasteiger partial charge in [-0.25, -0.2) is 0 Å². The Morgan fingerprint density at radius 2 is 1.83 bits per heavy atom. The zero-order valence-electron chi connectivity index (χ0n) is 18.5. The van der Waals surface area contributed by atoms with Gasteiger partial charge in [0, 0.05) is 18.3 Å². The molecule has 0 aliphatic heterocycles. The van der Waals surface area contributed by atoms with Crippen LogP contribution < -0.4 is 0 Å². The Kier molecular flexibility index (Phi) is 4.71. The Hall–Kier alpha value is -1.71. The average molecular weight is 399 g/mol. The summed E-state index contributed by atoms with van der Waals surface area (Å²) in [6.45, 7) is 10.0. The van der Waals surface area contributed by atoms with Crippen LogP contribution in [0.25, 0.3) is 0 Å². The number of Topliss-reactive ketones (excluding diaryl/α,β-unsaturated/α-hetero) is 1. The van der Waals surface area contributed by atoms with Gasteiger partial charge in [-0.2, -0.15) is 0 Å². The van der Waals surface area contributed by atoms with Crippen LogP contribution in [0, 0.1) is 28.6 Å². The van der Waals surface area contributed by atoms with Crippen LogP contribution >= 0.6 is 0 Å². The Balaban J connectivity index is 1.77. The van der Waals surface area contributed by atoms with Crippen LogP contribution in [0.1, 0.15) is 79.6 Å². The molecule has 0 heterocycles. The van der Waals surface area contributed by atoms with Gasteiger partial charge in [0.15, 0.2) is 17.2 Å². The number of rotatable bonds is 3. The highest BCUT2D eigenvalue weighted by Crippen LogP contribution is 2.67. The van der Waals surface area contributed by atoms with E-state index >= 15 is 0 Å².